The van der Waals surface area contributed by atoms with Gasteiger partial charge in [-0.1, -0.05) is 22.0 Å². The second-order valence-corrected chi connectivity index (χ2v) is 5.54. The first-order valence-electron chi connectivity index (χ1n) is 6.55. The highest BCUT2D eigenvalue weighted by Crippen LogP contribution is 2.23. The van der Waals surface area contributed by atoms with E-state index in [0.29, 0.717) is 4.47 Å². The lowest BCUT2D eigenvalue weighted by molar-refractivity contribution is -0.385. The molecule has 120 valence electrons. The molecule has 2 aromatic carbocycles. The van der Waals surface area contributed by atoms with E-state index in [1.807, 2.05) is 0 Å². The minimum atomic E-state index is -0.700. The molecule has 0 spiro atoms. The van der Waals surface area contributed by atoms with E-state index in [2.05, 4.69) is 21.2 Å². The molecule has 2 aromatic rings. The van der Waals surface area contributed by atoms with Gasteiger partial charge in [0.05, 0.1) is 4.92 Å². The fraction of sp³-hybridized carbons (Fsp3) is 0.133. The summed E-state index contributed by atoms with van der Waals surface area (Å²) in [5.41, 5.74) is -0.612. The highest BCUT2D eigenvalue weighted by Gasteiger charge is 2.20. The van der Waals surface area contributed by atoms with Crippen LogP contribution < -0.4 is 5.32 Å². The zero-order chi connectivity index (χ0) is 17.0. The van der Waals surface area contributed by atoms with Crippen molar-refractivity contribution >= 4 is 27.5 Å². The molecule has 1 amide bonds. The molecule has 2 rings (SSSR count). The van der Waals surface area contributed by atoms with Gasteiger partial charge in [-0.25, -0.2) is 8.78 Å². The van der Waals surface area contributed by atoms with Gasteiger partial charge in [-0.15, -0.1) is 0 Å². The van der Waals surface area contributed by atoms with Crippen molar-refractivity contribution in [2.24, 2.45) is 0 Å². The molecule has 5 nitrogen and oxygen atoms in total. The lowest BCUT2D eigenvalue weighted by Crippen LogP contribution is -2.26. The summed E-state index contributed by atoms with van der Waals surface area (Å²) in [5.74, 6) is -2.08. The first-order chi connectivity index (χ1) is 10.9. The smallest absolute Gasteiger partial charge is 0.283 e. The Kier molecular flexibility index (Phi) is 5.38. The Morgan fingerprint density at radius 2 is 1.87 bits per heavy atom. The fourth-order valence-electron chi connectivity index (χ4n) is 2.02. The topological polar surface area (TPSA) is 72.2 Å². The molecule has 0 bridgehead atoms. The fourth-order valence-corrected chi connectivity index (χ4v) is 2.36. The molecule has 0 saturated carbocycles. The van der Waals surface area contributed by atoms with Crippen molar-refractivity contribution in [1.29, 1.82) is 0 Å². The lowest BCUT2D eigenvalue weighted by Gasteiger charge is -2.08. The molecule has 0 aliphatic carbocycles. The van der Waals surface area contributed by atoms with E-state index in [1.165, 1.54) is 24.3 Å². The number of nitrogens with one attached hydrogen (secondary N) is 1. The monoisotopic (exact) mass is 384 g/mol. The number of carbonyl (C=O) groups excluding carboxylic acids is 1. The van der Waals surface area contributed by atoms with Gasteiger partial charge in [-0.3, -0.25) is 14.9 Å². The van der Waals surface area contributed by atoms with Crippen LogP contribution in [-0.4, -0.2) is 17.4 Å². The number of nitro benzene ring substituents is 1. The average molecular weight is 385 g/mol. The molecular formula is C15H11BrF2N2O3. The number of hydrogen-bond donors (Lipinski definition) is 1. The van der Waals surface area contributed by atoms with E-state index in [-0.39, 0.29) is 29.8 Å². The van der Waals surface area contributed by atoms with Gasteiger partial charge >= 0.3 is 0 Å². The Morgan fingerprint density at radius 3 is 2.48 bits per heavy atom. The van der Waals surface area contributed by atoms with Gasteiger partial charge in [0.2, 0.25) is 0 Å². The third-order valence-electron chi connectivity index (χ3n) is 3.12. The maximum atomic E-state index is 13.5. The molecule has 0 radical (unpaired) electrons. The maximum Gasteiger partial charge on any atom is 0.283 e. The highest BCUT2D eigenvalue weighted by atomic mass is 79.9. The first kappa shape index (κ1) is 17.0. The summed E-state index contributed by atoms with van der Waals surface area (Å²) >= 11 is 3.09. The van der Waals surface area contributed by atoms with Crippen LogP contribution in [0, 0.1) is 21.7 Å². The van der Waals surface area contributed by atoms with Crippen LogP contribution in [0.25, 0.3) is 0 Å². The van der Waals surface area contributed by atoms with Crippen LogP contribution in [0.2, 0.25) is 0 Å². The van der Waals surface area contributed by atoms with Gasteiger partial charge in [0.25, 0.3) is 11.6 Å². The van der Waals surface area contributed by atoms with E-state index in [9.17, 15) is 23.7 Å². The molecule has 0 fully saturated rings. The number of carbonyl (C=O) groups is 1. The average Bonchev–Trinajstić information content (AvgIpc) is 2.49. The normalized spacial score (nSPS) is 10.4. The van der Waals surface area contributed by atoms with Crippen molar-refractivity contribution in [3.8, 4) is 0 Å². The molecule has 0 atom stereocenters. The van der Waals surface area contributed by atoms with Crippen molar-refractivity contribution in [2.75, 3.05) is 6.54 Å². The predicted octanol–water partition coefficient (Wildman–Crippen LogP) is 3.61. The molecule has 0 unspecified atom stereocenters. The Bertz CT molecular complexity index is 748. The minimum Gasteiger partial charge on any atom is -0.351 e. The Morgan fingerprint density at radius 1 is 1.22 bits per heavy atom. The largest absolute Gasteiger partial charge is 0.351 e. The molecule has 1 N–H and O–H groups in total. The van der Waals surface area contributed by atoms with Crippen LogP contribution >= 0.6 is 15.9 Å². The van der Waals surface area contributed by atoms with Crippen molar-refractivity contribution in [2.45, 2.75) is 6.42 Å². The lowest BCUT2D eigenvalue weighted by atomic mass is 10.1. The zero-order valence-electron chi connectivity index (χ0n) is 11.7. The standard InChI is InChI=1S/C15H11BrF2N2O3/c16-9-4-5-11(14(8-9)20(22)23)15(21)19-7-6-10-12(17)2-1-3-13(10)18/h1-5,8H,6-7H2,(H,19,21). The number of benzene rings is 2. The van der Waals surface area contributed by atoms with Crippen LogP contribution in [0.1, 0.15) is 15.9 Å². The Balaban J connectivity index is 2.07. The van der Waals surface area contributed by atoms with Gasteiger partial charge in [0.15, 0.2) is 0 Å². The predicted molar refractivity (Wildman–Crippen MR) is 83.2 cm³/mol. The first-order valence-corrected chi connectivity index (χ1v) is 7.34. The van der Waals surface area contributed by atoms with Crippen LogP contribution in [-0.2, 0) is 6.42 Å². The molecule has 8 heteroatoms. The Labute approximate surface area is 138 Å². The minimum absolute atomic E-state index is 0.0517. The van der Waals surface area contributed by atoms with Crippen LogP contribution in [0.3, 0.4) is 0 Å². The number of nitrogens with zero attached hydrogens (tertiary/aromatic N) is 1. The summed E-state index contributed by atoms with van der Waals surface area (Å²) in [4.78, 5) is 22.3. The molecule has 0 heterocycles. The third-order valence-corrected chi connectivity index (χ3v) is 3.62. The molecule has 0 saturated heterocycles. The molecule has 0 aliphatic rings. The number of halogens is 3. The van der Waals surface area contributed by atoms with E-state index in [0.717, 1.165) is 12.1 Å². The van der Waals surface area contributed by atoms with Crippen molar-refractivity contribution < 1.29 is 18.5 Å². The highest BCUT2D eigenvalue weighted by molar-refractivity contribution is 9.10. The third kappa shape index (κ3) is 4.10. The van der Waals surface area contributed by atoms with Crippen molar-refractivity contribution in [1.82, 2.24) is 5.32 Å². The SMILES string of the molecule is O=C(NCCc1c(F)cccc1F)c1ccc(Br)cc1[N+](=O)[O-]. The number of rotatable bonds is 5. The second kappa shape index (κ2) is 7.28. The van der Waals surface area contributed by atoms with Crippen molar-refractivity contribution in [3.63, 3.8) is 0 Å². The quantitative estimate of drug-likeness (QED) is 0.632. The van der Waals surface area contributed by atoms with Crippen molar-refractivity contribution in [3.05, 3.63) is 73.7 Å². The van der Waals surface area contributed by atoms with Gasteiger partial charge < -0.3 is 5.32 Å². The van der Waals surface area contributed by atoms with Crippen LogP contribution in [0.5, 0.6) is 0 Å². The van der Waals surface area contributed by atoms with Crippen LogP contribution in [0.4, 0.5) is 14.5 Å². The van der Waals surface area contributed by atoms with Gasteiger partial charge in [-0.2, -0.15) is 0 Å². The Hall–Kier alpha value is -2.35. The summed E-state index contributed by atoms with van der Waals surface area (Å²) in [5, 5.41) is 13.4. The second-order valence-electron chi connectivity index (χ2n) is 4.62. The number of amides is 1. The van der Waals surface area contributed by atoms with E-state index in [4.69, 9.17) is 0 Å². The summed E-state index contributed by atoms with van der Waals surface area (Å²) < 4.78 is 27.4. The summed E-state index contributed by atoms with van der Waals surface area (Å²) in [7, 11) is 0. The summed E-state index contributed by atoms with van der Waals surface area (Å²) in [6, 6.07) is 7.52. The van der Waals surface area contributed by atoms with Gasteiger partial charge in [0, 0.05) is 22.6 Å². The van der Waals surface area contributed by atoms with E-state index < -0.39 is 22.5 Å². The van der Waals surface area contributed by atoms with E-state index >= 15 is 0 Å². The molecule has 0 aromatic heterocycles. The molecule has 23 heavy (non-hydrogen) atoms. The number of hydrogen-bond acceptors (Lipinski definition) is 3. The number of nitro groups is 1. The van der Waals surface area contributed by atoms with Crippen LogP contribution in [0.15, 0.2) is 40.9 Å². The van der Waals surface area contributed by atoms with Gasteiger partial charge in [0.1, 0.15) is 17.2 Å². The maximum absolute atomic E-state index is 13.5. The van der Waals surface area contributed by atoms with Gasteiger partial charge in [-0.05, 0) is 30.7 Å². The molecule has 0 aliphatic heterocycles. The molecular weight excluding hydrogens is 374 g/mol. The summed E-state index contributed by atoms with van der Waals surface area (Å²) in [6.45, 7) is -0.0517. The van der Waals surface area contributed by atoms with E-state index in [1.54, 1.807) is 0 Å². The summed E-state index contributed by atoms with van der Waals surface area (Å²) in [6.07, 6.45) is -0.0609. The zero-order valence-corrected chi connectivity index (χ0v) is 13.3.